The number of hydrogen-bond donors (Lipinski definition) is 2. The van der Waals surface area contributed by atoms with Crippen molar-refractivity contribution in [2.45, 2.75) is 38.1 Å². The average Bonchev–Trinajstić information content (AvgIpc) is 3.51. The lowest BCUT2D eigenvalue weighted by Crippen LogP contribution is -2.36. The Bertz CT molecular complexity index is 554. The minimum atomic E-state index is 0.0666. The quantitative estimate of drug-likeness (QED) is 0.625. The third-order valence-corrected chi connectivity index (χ3v) is 5.07. The molecule has 1 saturated carbocycles. The molecule has 1 heterocycles. The second kappa shape index (κ2) is 9.90. The fraction of sp³-hybridized carbons (Fsp3) is 0.650. The molecule has 2 N–H and O–H groups in total. The van der Waals surface area contributed by atoms with Crippen LogP contribution in [0.4, 0.5) is 11.4 Å². The molecule has 1 aromatic rings. The first-order chi connectivity index (χ1) is 12.8. The van der Waals surface area contributed by atoms with Crippen molar-refractivity contribution in [3.05, 3.63) is 24.3 Å². The Morgan fingerprint density at radius 1 is 1.15 bits per heavy atom. The summed E-state index contributed by atoms with van der Waals surface area (Å²) in [6.07, 6.45) is 4.83. The number of aliphatic hydroxyl groups is 1. The summed E-state index contributed by atoms with van der Waals surface area (Å²) in [6, 6.07) is 8.72. The summed E-state index contributed by atoms with van der Waals surface area (Å²) in [6.45, 7) is 5.40. The Balaban J connectivity index is 1.42. The van der Waals surface area contributed by atoms with Crippen LogP contribution in [-0.2, 0) is 9.53 Å². The Morgan fingerprint density at radius 3 is 2.54 bits per heavy atom. The van der Waals surface area contributed by atoms with E-state index in [1.165, 1.54) is 18.5 Å². The number of hydrogen-bond acceptors (Lipinski definition) is 5. The monoisotopic (exact) mass is 361 g/mol. The van der Waals surface area contributed by atoms with Gasteiger partial charge in [-0.1, -0.05) is 0 Å². The van der Waals surface area contributed by atoms with E-state index in [0.29, 0.717) is 12.5 Å². The van der Waals surface area contributed by atoms with Crippen LogP contribution in [0.15, 0.2) is 24.3 Å². The number of carbonyl (C=O) groups is 1. The molecule has 1 saturated heterocycles. The molecule has 1 aliphatic carbocycles. The van der Waals surface area contributed by atoms with Crippen molar-refractivity contribution < 1.29 is 14.6 Å². The molecule has 6 nitrogen and oxygen atoms in total. The van der Waals surface area contributed by atoms with Crippen molar-refractivity contribution >= 4 is 17.3 Å². The van der Waals surface area contributed by atoms with Gasteiger partial charge in [-0.25, -0.2) is 0 Å². The number of amides is 1. The number of rotatable bonds is 10. The van der Waals surface area contributed by atoms with E-state index in [2.05, 4.69) is 27.2 Å². The number of ether oxygens (including phenoxy) is 1. The molecule has 0 radical (unpaired) electrons. The SMILES string of the molecule is O=C(CCN(CCCCO)C1CC1)Nc1ccc(N2CCOCC2)cc1. The number of morpholine rings is 1. The van der Waals surface area contributed by atoms with Gasteiger partial charge in [0.15, 0.2) is 0 Å². The van der Waals surface area contributed by atoms with Crippen LogP contribution < -0.4 is 10.2 Å². The summed E-state index contributed by atoms with van der Waals surface area (Å²) in [4.78, 5) is 17.0. The number of nitrogens with one attached hydrogen (secondary N) is 1. The molecule has 0 bridgehead atoms. The number of unbranched alkanes of at least 4 members (excludes halogenated alkanes) is 1. The molecule has 3 rings (SSSR count). The first kappa shape index (κ1) is 19.1. The fourth-order valence-corrected chi connectivity index (χ4v) is 3.39. The second-order valence-corrected chi connectivity index (χ2v) is 7.14. The number of benzene rings is 1. The standard InChI is InChI=1S/C20H31N3O3/c24-14-2-1-10-22(19-7-8-19)11-9-20(25)21-17-3-5-18(6-4-17)23-12-15-26-16-13-23/h3-6,19,24H,1-2,7-16H2,(H,21,25). The summed E-state index contributed by atoms with van der Waals surface area (Å²) in [5.41, 5.74) is 2.03. The highest BCUT2D eigenvalue weighted by atomic mass is 16.5. The molecule has 2 aliphatic rings. The van der Waals surface area contributed by atoms with Gasteiger partial charge in [-0.05, 0) is 56.5 Å². The van der Waals surface area contributed by atoms with Crippen LogP contribution in [0.2, 0.25) is 0 Å². The van der Waals surface area contributed by atoms with Crippen LogP contribution in [0.25, 0.3) is 0 Å². The third kappa shape index (κ3) is 5.97. The van der Waals surface area contributed by atoms with Gasteiger partial charge in [0.2, 0.25) is 5.91 Å². The minimum absolute atomic E-state index is 0.0666. The van der Waals surface area contributed by atoms with E-state index in [9.17, 15) is 4.79 Å². The first-order valence-electron chi connectivity index (χ1n) is 9.84. The third-order valence-electron chi connectivity index (χ3n) is 5.07. The van der Waals surface area contributed by atoms with E-state index in [0.717, 1.165) is 57.9 Å². The Labute approximate surface area is 156 Å². The first-order valence-corrected chi connectivity index (χ1v) is 9.84. The van der Waals surface area contributed by atoms with Gasteiger partial charge in [0.05, 0.1) is 13.2 Å². The molecular formula is C20H31N3O3. The highest BCUT2D eigenvalue weighted by Gasteiger charge is 2.28. The molecule has 0 aromatic heterocycles. The zero-order valence-electron chi connectivity index (χ0n) is 15.5. The van der Waals surface area contributed by atoms with Crippen molar-refractivity contribution in [3.63, 3.8) is 0 Å². The topological polar surface area (TPSA) is 65.0 Å². The van der Waals surface area contributed by atoms with Gasteiger partial charge in [-0.3, -0.25) is 9.69 Å². The molecule has 1 aromatic carbocycles. The molecule has 0 spiro atoms. The van der Waals surface area contributed by atoms with Crippen molar-refractivity contribution in [3.8, 4) is 0 Å². The Kier molecular flexibility index (Phi) is 7.29. The van der Waals surface area contributed by atoms with Gasteiger partial charge in [0.25, 0.3) is 0 Å². The normalized spacial score (nSPS) is 17.5. The highest BCUT2D eigenvalue weighted by Crippen LogP contribution is 2.27. The van der Waals surface area contributed by atoms with Gasteiger partial charge < -0.3 is 20.1 Å². The predicted octanol–water partition coefficient (Wildman–Crippen LogP) is 2.09. The molecule has 6 heteroatoms. The molecule has 0 unspecified atom stereocenters. The maximum absolute atomic E-state index is 12.3. The molecule has 2 fully saturated rings. The molecule has 1 aliphatic heterocycles. The second-order valence-electron chi connectivity index (χ2n) is 7.14. The molecular weight excluding hydrogens is 330 g/mol. The van der Waals surface area contributed by atoms with Crippen molar-refractivity contribution in [2.75, 3.05) is 56.2 Å². The predicted molar refractivity (Wildman–Crippen MR) is 104 cm³/mol. The van der Waals surface area contributed by atoms with Crippen LogP contribution in [0.3, 0.4) is 0 Å². The summed E-state index contributed by atoms with van der Waals surface area (Å²) in [5, 5.41) is 11.9. The van der Waals surface area contributed by atoms with Crippen LogP contribution in [0, 0.1) is 0 Å². The molecule has 1 amide bonds. The highest BCUT2D eigenvalue weighted by molar-refractivity contribution is 5.91. The summed E-state index contributed by atoms with van der Waals surface area (Å²) in [5.74, 6) is 0.0666. The van der Waals surface area contributed by atoms with Crippen LogP contribution >= 0.6 is 0 Å². The van der Waals surface area contributed by atoms with E-state index in [4.69, 9.17) is 9.84 Å². The maximum atomic E-state index is 12.3. The Morgan fingerprint density at radius 2 is 1.88 bits per heavy atom. The summed E-state index contributed by atoms with van der Waals surface area (Å²) >= 11 is 0. The van der Waals surface area contributed by atoms with E-state index in [-0.39, 0.29) is 12.5 Å². The lowest BCUT2D eigenvalue weighted by Gasteiger charge is -2.28. The zero-order valence-corrected chi connectivity index (χ0v) is 15.5. The van der Waals surface area contributed by atoms with E-state index in [1.54, 1.807) is 0 Å². The van der Waals surface area contributed by atoms with E-state index in [1.807, 2.05) is 12.1 Å². The summed E-state index contributed by atoms with van der Waals surface area (Å²) in [7, 11) is 0. The average molecular weight is 361 g/mol. The van der Waals surface area contributed by atoms with Gasteiger partial charge in [-0.2, -0.15) is 0 Å². The lowest BCUT2D eigenvalue weighted by atomic mass is 10.2. The smallest absolute Gasteiger partial charge is 0.225 e. The van der Waals surface area contributed by atoms with E-state index >= 15 is 0 Å². The van der Waals surface area contributed by atoms with Gasteiger partial charge >= 0.3 is 0 Å². The number of anilines is 2. The number of nitrogens with zero attached hydrogens (tertiary/aromatic N) is 2. The van der Waals surface area contributed by atoms with Crippen LogP contribution in [0.1, 0.15) is 32.1 Å². The molecule has 144 valence electrons. The fourth-order valence-electron chi connectivity index (χ4n) is 3.39. The zero-order chi connectivity index (χ0) is 18.2. The van der Waals surface area contributed by atoms with Gasteiger partial charge in [-0.15, -0.1) is 0 Å². The molecule has 0 atom stereocenters. The van der Waals surface area contributed by atoms with E-state index < -0.39 is 0 Å². The summed E-state index contributed by atoms with van der Waals surface area (Å²) < 4.78 is 5.38. The minimum Gasteiger partial charge on any atom is -0.396 e. The Hall–Kier alpha value is -1.63. The number of carbonyl (C=O) groups excluding carboxylic acids is 1. The number of aliphatic hydroxyl groups excluding tert-OH is 1. The maximum Gasteiger partial charge on any atom is 0.225 e. The van der Waals surface area contributed by atoms with Gasteiger partial charge in [0.1, 0.15) is 0 Å². The largest absolute Gasteiger partial charge is 0.396 e. The van der Waals surface area contributed by atoms with Crippen molar-refractivity contribution in [2.24, 2.45) is 0 Å². The van der Waals surface area contributed by atoms with Crippen LogP contribution in [0.5, 0.6) is 0 Å². The van der Waals surface area contributed by atoms with Gasteiger partial charge in [0, 0.05) is 50.1 Å². The lowest BCUT2D eigenvalue weighted by molar-refractivity contribution is -0.116. The van der Waals surface area contributed by atoms with Crippen LogP contribution in [-0.4, -0.2) is 68.0 Å². The van der Waals surface area contributed by atoms with Crippen molar-refractivity contribution in [1.29, 1.82) is 0 Å². The van der Waals surface area contributed by atoms with Crippen molar-refractivity contribution in [1.82, 2.24) is 4.90 Å². The molecule has 26 heavy (non-hydrogen) atoms.